The Labute approximate surface area is 112 Å². The van der Waals surface area contributed by atoms with Crippen LogP contribution in [0.25, 0.3) is 0 Å². The maximum absolute atomic E-state index is 13.1. The highest BCUT2D eigenvalue weighted by Crippen LogP contribution is 2.41. The second-order valence-electron chi connectivity index (χ2n) is 4.69. The van der Waals surface area contributed by atoms with Crippen LogP contribution in [0.4, 0.5) is 17.6 Å². The quantitative estimate of drug-likeness (QED) is 0.568. The van der Waals surface area contributed by atoms with Crippen LogP contribution in [0.2, 0.25) is 0 Å². The minimum atomic E-state index is -6.73. The van der Waals surface area contributed by atoms with Crippen LogP contribution >= 0.6 is 0 Å². The van der Waals surface area contributed by atoms with Crippen molar-refractivity contribution < 1.29 is 43.7 Å². The van der Waals surface area contributed by atoms with Crippen molar-refractivity contribution in [2.75, 3.05) is 0 Å². The fourth-order valence-electron chi connectivity index (χ4n) is 0.646. The summed E-state index contributed by atoms with van der Waals surface area (Å²) in [5.41, 5.74) is -1.53. The van der Waals surface area contributed by atoms with E-state index in [2.05, 4.69) is 0 Å². The topological polar surface area (TPSA) is 118 Å². The molecular weight excluding hydrogens is 334 g/mol. The Kier molecular flexibility index (Phi) is 4.58. The number of sulfonamides is 1. The van der Waals surface area contributed by atoms with Crippen LogP contribution in [0, 0.1) is 5.41 Å². The predicted molar refractivity (Wildman–Crippen MR) is 58.0 cm³/mol. The van der Waals surface area contributed by atoms with Crippen molar-refractivity contribution in [3.05, 3.63) is 0 Å². The standard InChI is InChI=1S/C7H11F4NO6S2/c1-5(2,3)4(13)12-19(14,15)6(8,9)7(10,11)20(16,17)18/h1-3H3,(H,12,13)(H,16,17,18). The van der Waals surface area contributed by atoms with Gasteiger partial charge in [0.2, 0.25) is 5.91 Å². The summed E-state index contributed by atoms with van der Waals surface area (Å²) in [4.78, 5) is 11.2. The summed E-state index contributed by atoms with van der Waals surface area (Å²) in [6.45, 7) is 3.28. The highest BCUT2D eigenvalue weighted by atomic mass is 32.2. The predicted octanol–water partition coefficient (Wildman–Crippen LogP) is 0.552. The smallest absolute Gasteiger partial charge is 0.281 e. The van der Waals surface area contributed by atoms with E-state index in [-0.39, 0.29) is 0 Å². The van der Waals surface area contributed by atoms with Crippen LogP contribution < -0.4 is 4.72 Å². The number of carbonyl (C=O) groups is 1. The van der Waals surface area contributed by atoms with E-state index in [1.807, 2.05) is 0 Å². The van der Waals surface area contributed by atoms with Gasteiger partial charge in [0.1, 0.15) is 0 Å². The molecule has 0 aliphatic heterocycles. The number of alkyl halides is 4. The number of amides is 1. The van der Waals surface area contributed by atoms with Crippen molar-refractivity contribution >= 4 is 26.0 Å². The molecule has 0 saturated carbocycles. The number of nitrogens with one attached hydrogen (secondary N) is 1. The van der Waals surface area contributed by atoms with Gasteiger partial charge >= 0.3 is 30.7 Å². The molecule has 0 aromatic heterocycles. The Morgan fingerprint density at radius 2 is 1.30 bits per heavy atom. The number of rotatable bonds is 4. The molecule has 0 unspecified atom stereocenters. The van der Waals surface area contributed by atoms with Crippen molar-refractivity contribution in [1.29, 1.82) is 0 Å². The van der Waals surface area contributed by atoms with Crippen LogP contribution in [0.1, 0.15) is 20.8 Å². The average Bonchev–Trinajstić information content (AvgIpc) is 2.12. The minimum absolute atomic E-state index is 0.642. The molecule has 0 spiro atoms. The molecule has 0 radical (unpaired) electrons. The number of carbonyl (C=O) groups excluding carboxylic acids is 1. The van der Waals surface area contributed by atoms with Gasteiger partial charge in [-0.05, 0) is 0 Å². The number of hydrogen-bond acceptors (Lipinski definition) is 5. The van der Waals surface area contributed by atoms with Gasteiger partial charge in [-0.2, -0.15) is 34.4 Å². The molecule has 1 amide bonds. The highest BCUT2D eigenvalue weighted by molar-refractivity contribution is 7.93. The van der Waals surface area contributed by atoms with Gasteiger partial charge in [0.05, 0.1) is 0 Å². The third-order valence-electron chi connectivity index (χ3n) is 1.91. The highest BCUT2D eigenvalue weighted by Gasteiger charge is 2.73. The number of halogens is 4. The zero-order valence-corrected chi connectivity index (χ0v) is 11.9. The minimum Gasteiger partial charge on any atom is -0.281 e. The van der Waals surface area contributed by atoms with Crippen molar-refractivity contribution in [2.45, 2.75) is 31.3 Å². The van der Waals surface area contributed by atoms with Gasteiger partial charge in [0.15, 0.2) is 0 Å². The molecule has 2 N–H and O–H groups in total. The number of hydrogen-bond donors (Lipinski definition) is 2. The van der Waals surface area contributed by atoms with E-state index in [0.29, 0.717) is 4.72 Å². The van der Waals surface area contributed by atoms with Gasteiger partial charge in [0.25, 0.3) is 0 Å². The first kappa shape index (κ1) is 19.1. The Morgan fingerprint density at radius 3 is 1.55 bits per heavy atom. The molecule has 0 aliphatic carbocycles. The third kappa shape index (κ3) is 3.20. The summed E-state index contributed by atoms with van der Waals surface area (Å²) >= 11 is 0. The molecule has 0 rings (SSSR count). The van der Waals surface area contributed by atoms with E-state index in [0.717, 1.165) is 20.8 Å². The Morgan fingerprint density at radius 1 is 0.950 bits per heavy atom. The summed E-state index contributed by atoms with van der Waals surface area (Å²) in [6, 6.07) is 0. The van der Waals surface area contributed by atoms with Crippen molar-refractivity contribution in [3.63, 3.8) is 0 Å². The first-order chi connectivity index (χ1) is 8.38. The molecule has 0 fully saturated rings. The third-order valence-corrected chi connectivity index (χ3v) is 4.33. The lowest BCUT2D eigenvalue weighted by atomic mass is 9.96. The van der Waals surface area contributed by atoms with Crippen molar-refractivity contribution in [3.8, 4) is 0 Å². The maximum atomic E-state index is 13.1. The fraction of sp³-hybridized carbons (Fsp3) is 0.857. The second kappa shape index (κ2) is 4.80. The lowest BCUT2D eigenvalue weighted by Crippen LogP contribution is -2.57. The summed E-state index contributed by atoms with van der Waals surface area (Å²) in [6.07, 6.45) is 0. The molecule has 7 nitrogen and oxygen atoms in total. The first-order valence-corrected chi connectivity index (χ1v) is 7.59. The van der Waals surface area contributed by atoms with E-state index in [9.17, 15) is 39.2 Å². The van der Waals surface area contributed by atoms with Crippen LogP contribution in [0.5, 0.6) is 0 Å². The van der Waals surface area contributed by atoms with Crippen LogP contribution in [0.3, 0.4) is 0 Å². The van der Waals surface area contributed by atoms with E-state index in [1.165, 1.54) is 0 Å². The van der Waals surface area contributed by atoms with E-state index >= 15 is 0 Å². The molecular formula is C7H11F4NO6S2. The van der Waals surface area contributed by atoms with E-state index in [4.69, 9.17) is 4.55 Å². The zero-order chi connectivity index (χ0) is 16.8. The lowest BCUT2D eigenvalue weighted by molar-refractivity contribution is -0.127. The lowest BCUT2D eigenvalue weighted by Gasteiger charge is -2.25. The van der Waals surface area contributed by atoms with E-state index in [1.54, 1.807) is 0 Å². The Bertz CT molecular complexity index is 604. The normalized spacial score (nSPS) is 15.0. The molecule has 20 heavy (non-hydrogen) atoms. The summed E-state index contributed by atoms with van der Waals surface area (Å²) in [5, 5.41) is -12.6. The molecule has 0 bridgehead atoms. The van der Waals surface area contributed by atoms with Gasteiger partial charge in [-0.25, -0.2) is 4.72 Å². The molecule has 0 aliphatic rings. The van der Waals surface area contributed by atoms with Crippen LogP contribution in [-0.2, 0) is 24.9 Å². The van der Waals surface area contributed by atoms with E-state index < -0.39 is 42.0 Å². The molecule has 0 saturated heterocycles. The SMILES string of the molecule is CC(C)(C)C(=O)NS(=O)(=O)C(F)(F)C(F)(F)S(=O)(=O)O. The average molecular weight is 345 g/mol. The zero-order valence-electron chi connectivity index (χ0n) is 10.3. The van der Waals surface area contributed by atoms with Crippen molar-refractivity contribution in [2.24, 2.45) is 5.41 Å². The maximum Gasteiger partial charge on any atom is 0.449 e. The molecule has 0 aromatic rings. The summed E-state index contributed by atoms with van der Waals surface area (Å²) < 4.78 is 103. The molecule has 0 heterocycles. The molecule has 120 valence electrons. The first-order valence-electron chi connectivity index (χ1n) is 4.67. The summed E-state index contributed by atoms with van der Waals surface area (Å²) in [5.74, 6) is -1.57. The Balaban J connectivity index is 5.80. The molecule has 0 aromatic carbocycles. The van der Waals surface area contributed by atoms with Gasteiger partial charge in [0, 0.05) is 5.41 Å². The fourth-order valence-corrected chi connectivity index (χ4v) is 2.58. The van der Waals surface area contributed by atoms with Crippen molar-refractivity contribution in [1.82, 2.24) is 4.72 Å². The molecule has 0 atom stereocenters. The van der Waals surface area contributed by atoms with Gasteiger partial charge in [-0.15, -0.1) is 0 Å². The largest absolute Gasteiger partial charge is 0.449 e. The van der Waals surface area contributed by atoms with Crippen LogP contribution in [0.15, 0.2) is 0 Å². The van der Waals surface area contributed by atoms with Gasteiger partial charge < -0.3 is 0 Å². The van der Waals surface area contributed by atoms with Gasteiger partial charge in [-0.3, -0.25) is 9.35 Å². The summed E-state index contributed by atoms with van der Waals surface area (Å²) in [7, 11) is -13.1. The second-order valence-corrected chi connectivity index (χ2v) is 7.88. The van der Waals surface area contributed by atoms with Crippen LogP contribution in [-0.4, -0.2) is 37.8 Å². The monoisotopic (exact) mass is 345 g/mol. The molecule has 13 heteroatoms. The Hall–Kier alpha value is -0.950. The van der Waals surface area contributed by atoms with Gasteiger partial charge in [-0.1, -0.05) is 20.8 Å².